The fourth-order valence-electron chi connectivity index (χ4n) is 1.77. The molecule has 0 fully saturated rings. The van der Waals surface area contributed by atoms with Crippen molar-refractivity contribution in [3.63, 3.8) is 0 Å². The average molecular weight is 343 g/mol. The Balaban J connectivity index is 2.18. The maximum Gasteiger partial charge on any atom is 0.410 e. The molecule has 0 atom stereocenters. The largest absolute Gasteiger partial charge is 0.457 e. The highest BCUT2D eigenvalue weighted by atomic mass is 28.3. The van der Waals surface area contributed by atoms with E-state index in [0.717, 1.165) is 11.6 Å². The smallest absolute Gasteiger partial charge is 0.410 e. The van der Waals surface area contributed by atoms with Crippen LogP contribution in [0, 0.1) is 17.3 Å². The summed E-state index contributed by atoms with van der Waals surface area (Å²) >= 11 is 0. The number of nitrogens with two attached hydrogens (primary N) is 1. The van der Waals surface area contributed by atoms with E-state index in [-0.39, 0.29) is 11.5 Å². The van der Waals surface area contributed by atoms with Gasteiger partial charge < -0.3 is 15.2 Å². The molecule has 0 spiro atoms. The third kappa shape index (κ3) is 5.45. The third-order valence-electron chi connectivity index (χ3n) is 2.77. The first-order chi connectivity index (χ1) is 11.2. The van der Waals surface area contributed by atoms with E-state index in [9.17, 15) is 9.18 Å². The first-order valence-corrected chi connectivity index (χ1v) is 10.8. The van der Waals surface area contributed by atoms with E-state index in [2.05, 4.69) is 35.8 Å². The number of hydrogen-bond donors (Lipinski definition) is 1. The van der Waals surface area contributed by atoms with Crippen molar-refractivity contribution in [2.24, 2.45) is 5.73 Å². The molecular weight excluding hydrogens is 325 g/mol. The summed E-state index contributed by atoms with van der Waals surface area (Å²) in [4.78, 5) is 10.7. The lowest BCUT2D eigenvalue weighted by atomic mass is 10.2. The number of hydrogen-bond acceptors (Lipinski definition) is 3. The van der Waals surface area contributed by atoms with Gasteiger partial charge in [-0.15, -0.1) is 5.54 Å². The molecular formula is C18H18FNO3Si. The molecule has 2 N–H and O–H groups in total. The van der Waals surface area contributed by atoms with Crippen molar-refractivity contribution in [3.8, 4) is 28.7 Å². The zero-order valence-electron chi connectivity index (χ0n) is 13.7. The van der Waals surface area contributed by atoms with Crippen LogP contribution in [-0.2, 0) is 0 Å². The number of ether oxygens (including phenoxy) is 2. The predicted octanol–water partition coefficient (Wildman–Crippen LogP) is 4.30. The summed E-state index contributed by atoms with van der Waals surface area (Å²) < 4.78 is 24.0. The highest BCUT2D eigenvalue weighted by Crippen LogP contribution is 2.27. The number of carbonyl (C=O) groups excluding carboxylic acids is 1. The van der Waals surface area contributed by atoms with E-state index >= 15 is 0 Å². The number of primary amides is 1. The number of rotatable bonds is 3. The van der Waals surface area contributed by atoms with Gasteiger partial charge in [-0.1, -0.05) is 31.6 Å². The second-order valence-corrected chi connectivity index (χ2v) is 10.9. The lowest BCUT2D eigenvalue weighted by Gasteiger charge is -2.08. The second-order valence-electron chi connectivity index (χ2n) is 6.14. The third-order valence-corrected chi connectivity index (χ3v) is 3.64. The maximum absolute atomic E-state index is 13.8. The van der Waals surface area contributed by atoms with Crippen LogP contribution < -0.4 is 15.2 Å². The first-order valence-electron chi connectivity index (χ1n) is 7.31. The van der Waals surface area contributed by atoms with E-state index in [1.54, 1.807) is 12.1 Å². The van der Waals surface area contributed by atoms with Gasteiger partial charge in [0.1, 0.15) is 19.6 Å². The first kappa shape index (κ1) is 17.6. The van der Waals surface area contributed by atoms with Crippen molar-refractivity contribution < 1.29 is 18.7 Å². The standard InChI is InChI=1S/C18H18FNO3Si/c1-24(2,3)10-9-13-5-4-6-14(11-13)22-15-7-8-17(16(19)12-15)23-18(20)21/h4-8,11-12H,1-3H3,(H2,20,21). The molecule has 0 aliphatic heterocycles. The van der Waals surface area contributed by atoms with Crippen LogP contribution in [0.3, 0.4) is 0 Å². The van der Waals surface area contributed by atoms with Crippen LogP contribution >= 0.6 is 0 Å². The molecule has 4 nitrogen and oxygen atoms in total. The molecule has 0 saturated heterocycles. The molecule has 124 valence electrons. The highest BCUT2D eigenvalue weighted by molar-refractivity contribution is 6.83. The molecule has 24 heavy (non-hydrogen) atoms. The Labute approximate surface area is 141 Å². The average Bonchev–Trinajstić information content (AvgIpc) is 2.47. The molecule has 0 saturated carbocycles. The van der Waals surface area contributed by atoms with Gasteiger partial charge in [-0.25, -0.2) is 9.18 Å². The summed E-state index contributed by atoms with van der Waals surface area (Å²) in [7, 11) is -1.46. The summed E-state index contributed by atoms with van der Waals surface area (Å²) in [6.07, 6.45) is -1.07. The van der Waals surface area contributed by atoms with Crippen LogP contribution in [0.5, 0.6) is 17.2 Å². The van der Waals surface area contributed by atoms with Gasteiger partial charge in [0.15, 0.2) is 11.6 Å². The number of halogens is 1. The van der Waals surface area contributed by atoms with Crippen molar-refractivity contribution >= 4 is 14.2 Å². The van der Waals surface area contributed by atoms with Crippen molar-refractivity contribution in [1.29, 1.82) is 0 Å². The highest BCUT2D eigenvalue weighted by Gasteiger charge is 2.09. The van der Waals surface area contributed by atoms with E-state index in [4.69, 9.17) is 10.5 Å². The molecule has 6 heteroatoms. The monoisotopic (exact) mass is 343 g/mol. The Morgan fingerprint density at radius 2 is 1.83 bits per heavy atom. The number of amides is 1. The molecule has 0 aromatic heterocycles. The lowest BCUT2D eigenvalue weighted by Crippen LogP contribution is -2.16. The van der Waals surface area contributed by atoms with Crippen LogP contribution in [0.4, 0.5) is 9.18 Å². The van der Waals surface area contributed by atoms with Crippen LogP contribution in [0.2, 0.25) is 19.6 Å². The number of carbonyl (C=O) groups is 1. The van der Waals surface area contributed by atoms with Gasteiger partial charge in [-0.05, 0) is 30.3 Å². The summed E-state index contributed by atoms with van der Waals surface area (Å²) in [6.45, 7) is 6.50. The van der Waals surface area contributed by atoms with E-state index in [1.165, 1.54) is 12.1 Å². The minimum atomic E-state index is -1.46. The second kappa shape index (κ2) is 7.19. The van der Waals surface area contributed by atoms with E-state index in [1.807, 2.05) is 12.1 Å². The molecule has 0 unspecified atom stereocenters. The molecule has 0 radical (unpaired) electrons. The van der Waals surface area contributed by atoms with Gasteiger partial charge >= 0.3 is 6.09 Å². The zero-order valence-corrected chi connectivity index (χ0v) is 14.7. The summed E-state index contributed by atoms with van der Waals surface area (Å²) in [5.41, 5.74) is 8.98. The van der Waals surface area contributed by atoms with Gasteiger partial charge in [-0.2, -0.15) is 0 Å². The summed E-state index contributed by atoms with van der Waals surface area (Å²) in [5, 5.41) is 0. The van der Waals surface area contributed by atoms with Crippen molar-refractivity contribution in [2.45, 2.75) is 19.6 Å². The van der Waals surface area contributed by atoms with Crippen LogP contribution in [-0.4, -0.2) is 14.2 Å². The SMILES string of the molecule is C[Si](C)(C)C#Cc1cccc(Oc2ccc(OC(N)=O)c(F)c2)c1. The minimum absolute atomic E-state index is 0.246. The van der Waals surface area contributed by atoms with Crippen LogP contribution in [0.1, 0.15) is 5.56 Å². The van der Waals surface area contributed by atoms with E-state index < -0.39 is 20.0 Å². The van der Waals surface area contributed by atoms with E-state index in [0.29, 0.717) is 5.75 Å². The molecule has 2 aromatic rings. The maximum atomic E-state index is 13.8. The number of benzene rings is 2. The predicted molar refractivity (Wildman–Crippen MR) is 93.4 cm³/mol. The molecule has 2 aromatic carbocycles. The van der Waals surface area contributed by atoms with Crippen molar-refractivity contribution in [1.82, 2.24) is 0 Å². The van der Waals surface area contributed by atoms with Crippen molar-refractivity contribution in [3.05, 3.63) is 53.8 Å². The van der Waals surface area contributed by atoms with Gasteiger partial charge in [0.25, 0.3) is 0 Å². The Morgan fingerprint density at radius 1 is 1.12 bits per heavy atom. The quantitative estimate of drug-likeness (QED) is 0.667. The zero-order chi connectivity index (χ0) is 17.7. The Morgan fingerprint density at radius 3 is 2.46 bits per heavy atom. The Hall–Kier alpha value is -2.78. The van der Waals surface area contributed by atoms with Crippen molar-refractivity contribution in [2.75, 3.05) is 0 Å². The fraction of sp³-hybridized carbons (Fsp3) is 0.167. The van der Waals surface area contributed by atoms with Crippen LogP contribution in [0.25, 0.3) is 0 Å². The molecule has 1 amide bonds. The molecule has 0 aliphatic carbocycles. The Kier molecular flexibility index (Phi) is 5.27. The molecule has 0 bridgehead atoms. The summed E-state index contributed by atoms with van der Waals surface area (Å²) in [5.74, 6) is 2.98. The lowest BCUT2D eigenvalue weighted by molar-refractivity contribution is 0.208. The fourth-order valence-corrected chi connectivity index (χ4v) is 2.29. The summed E-state index contributed by atoms with van der Waals surface area (Å²) in [6, 6.07) is 11.2. The minimum Gasteiger partial charge on any atom is -0.457 e. The van der Waals surface area contributed by atoms with Gasteiger partial charge in [0, 0.05) is 11.6 Å². The Bertz CT molecular complexity index is 819. The molecule has 0 aliphatic rings. The molecule has 2 rings (SSSR count). The van der Waals surface area contributed by atoms with Crippen LogP contribution in [0.15, 0.2) is 42.5 Å². The normalized spacial score (nSPS) is 10.5. The molecule has 0 heterocycles. The topological polar surface area (TPSA) is 61.6 Å². The van der Waals surface area contributed by atoms with Gasteiger partial charge in [0.2, 0.25) is 0 Å². The van der Waals surface area contributed by atoms with Gasteiger partial charge in [-0.3, -0.25) is 0 Å². The van der Waals surface area contributed by atoms with Gasteiger partial charge in [0.05, 0.1) is 0 Å².